The Morgan fingerprint density at radius 3 is 2.53 bits per heavy atom. The van der Waals surface area contributed by atoms with Gasteiger partial charge in [0.1, 0.15) is 18.0 Å². The van der Waals surface area contributed by atoms with Gasteiger partial charge in [0, 0.05) is 6.07 Å². The molecular weight excluding hydrogens is 303 g/mol. The molecule has 1 aliphatic heterocycles. The van der Waals surface area contributed by atoms with Crippen molar-refractivity contribution in [2.45, 2.75) is 32.7 Å². The minimum Gasteiger partial charge on any atom is -1.00 e. The summed E-state index contributed by atoms with van der Waals surface area (Å²) in [6.45, 7) is 5.54. The van der Waals surface area contributed by atoms with Gasteiger partial charge >= 0.3 is 0 Å². The number of quaternary nitrogens is 1. The molecule has 0 bridgehead atoms. The minimum absolute atomic E-state index is 0. The molecule has 0 amide bonds. The highest BCUT2D eigenvalue weighted by Crippen LogP contribution is 2.19. The van der Waals surface area contributed by atoms with Crippen LogP contribution in [0.4, 0.5) is 0 Å². The van der Waals surface area contributed by atoms with Crippen molar-refractivity contribution in [3.63, 3.8) is 0 Å². The first kappa shape index (κ1) is 13.0. The predicted molar refractivity (Wildman–Crippen MR) is 54.7 cm³/mol. The average molecular weight is 322 g/mol. The number of halogens is 1. The van der Waals surface area contributed by atoms with Gasteiger partial charge in [-0.15, -0.1) is 0 Å². The number of nitrogens with zero attached hydrogens (tertiary/aromatic N) is 2. The van der Waals surface area contributed by atoms with Crippen molar-refractivity contribution in [3.8, 4) is 0 Å². The van der Waals surface area contributed by atoms with E-state index in [1.54, 1.807) is 0 Å². The van der Waals surface area contributed by atoms with E-state index >= 15 is 0 Å². The van der Waals surface area contributed by atoms with Gasteiger partial charge < -0.3 is 33.0 Å². The molecule has 1 fully saturated rings. The van der Waals surface area contributed by atoms with Gasteiger partial charge in [-0.05, 0) is 26.2 Å². The fourth-order valence-corrected chi connectivity index (χ4v) is 2.32. The lowest BCUT2D eigenvalue weighted by molar-refractivity contribution is -0.927. The first-order valence-corrected chi connectivity index (χ1v) is 5.44. The molecule has 4 heteroatoms. The highest BCUT2D eigenvalue weighted by molar-refractivity contribution is 5.01. The second kappa shape index (κ2) is 5.30. The van der Waals surface area contributed by atoms with Crippen LogP contribution in [-0.4, -0.2) is 29.8 Å². The molecule has 0 radical (unpaired) electrons. The van der Waals surface area contributed by atoms with E-state index < -0.39 is 0 Å². The molecule has 1 aromatic rings. The standard InChI is InChI=1S/C11H19N2O.HI/c1-10-8-11(12-14-10)9-13(2)6-4-3-5-7-13;/h8H,3-7,9H2,1-2H3;1H/q+1;/p-1. The van der Waals surface area contributed by atoms with Gasteiger partial charge in [0.05, 0.1) is 20.1 Å². The molecule has 1 aromatic heterocycles. The minimum atomic E-state index is 0. The van der Waals surface area contributed by atoms with Crippen LogP contribution in [0.2, 0.25) is 0 Å². The van der Waals surface area contributed by atoms with E-state index in [1.807, 2.05) is 6.92 Å². The fraction of sp³-hybridized carbons (Fsp3) is 0.727. The SMILES string of the molecule is Cc1cc(C[N+]2(C)CCCCC2)no1.[I-]. The largest absolute Gasteiger partial charge is 1.00 e. The molecule has 86 valence electrons. The summed E-state index contributed by atoms with van der Waals surface area (Å²) in [5, 5.41) is 4.06. The zero-order valence-corrected chi connectivity index (χ0v) is 11.7. The maximum Gasteiger partial charge on any atom is 0.138 e. The maximum absolute atomic E-state index is 5.09. The number of hydrogen-bond donors (Lipinski definition) is 0. The van der Waals surface area contributed by atoms with Crippen LogP contribution in [0.5, 0.6) is 0 Å². The Kier molecular flexibility index (Phi) is 4.58. The van der Waals surface area contributed by atoms with E-state index in [0.717, 1.165) is 22.5 Å². The van der Waals surface area contributed by atoms with Gasteiger partial charge in [-0.25, -0.2) is 0 Å². The molecule has 15 heavy (non-hydrogen) atoms. The molecule has 2 heterocycles. The molecule has 0 aliphatic carbocycles. The van der Waals surface area contributed by atoms with Crippen LogP contribution in [0.25, 0.3) is 0 Å². The van der Waals surface area contributed by atoms with Crippen molar-refractivity contribution < 1.29 is 33.0 Å². The van der Waals surface area contributed by atoms with Crippen LogP contribution in [-0.2, 0) is 6.54 Å². The monoisotopic (exact) mass is 322 g/mol. The van der Waals surface area contributed by atoms with Gasteiger partial charge in [0.25, 0.3) is 0 Å². The van der Waals surface area contributed by atoms with Gasteiger partial charge in [-0.2, -0.15) is 0 Å². The van der Waals surface area contributed by atoms with Crippen molar-refractivity contribution in [2.75, 3.05) is 20.1 Å². The summed E-state index contributed by atoms with van der Waals surface area (Å²) < 4.78 is 6.22. The predicted octanol–water partition coefficient (Wildman–Crippen LogP) is -0.882. The molecule has 0 atom stereocenters. The number of hydrogen-bond acceptors (Lipinski definition) is 2. The van der Waals surface area contributed by atoms with Crippen molar-refractivity contribution in [1.29, 1.82) is 0 Å². The third kappa shape index (κ3) is 3.45. The lowest BCUT2D eigenvalue weighted by Gasteiger charge is -2.37. The van der Waals surface area contributed by atoms with Crippen LogP contribution in [0.15, 0.2) is 10.6 Å². The summed E-state index contributed by atoms with van der Waals surface area (Å²) in [4.78, 5) is 0. The van der Waals surface area contributed by atoms with Crippen LogP contribution >= 0.6 is 0 Å². The molecule has 3 nitrogen and oxygen atoms in total. The van der Waals surface area contributed by atoms with Crippen LogP contribution in [0, 0.1) is 6.92 Å². The highest BCUT2D eigenvalue weighted by atomic mass is 127. The Morgan fingerprint density at radius 2 is 2.00 bits per heavy atom. The molecule has 0 unspecified atom stereocenters. The van der Waals surface area contributed by atoms with Gasteiger partial charge in [-0.3, -0.25) is 0 Å². The second-order valence-corrected chi connectivity index (χ2v) is 4.71. The molecule has 0 N–H and O–H groups in total. The summed E-state index contributed by atoms with van der Waals surface area (Å²) in [7, 11) is 2.32. The zero-order chi connectivity index (χ0) is 10.0. The molecule has 1 saturated heterocycles. The van der Waals surface area contributed by atoms with Gasteiger partial charge in [-0.1, -0.05) is 5.16 Å². The Balaban J connectivity index is 0.00000112. The third-order valence-corrected chi connectivity index (χ3v) is 3.12. The lowest BCUT2D eigenvalue weighted by Crippen LogP contribution is -3.00. The van der Waals surface area contributed by atoms with E-state index in [-0.39, 0.29) is 24.0 Å². The summed E-state index contributed by atoms with van der Waals surface area (Å²) in [5.41, 5.74) is 1.10. The first-order valence-electron chi connectivity index (χ1n) is 5.44. The van der Waals surface area contributed by atoms with Crippen LogP contribution in [0.1, 0.15) is 30.7 Å². The van der Waals surface area contributed by atoms with Gasteiger partial charge in [0.15, 0.2) is 0 Å². The average Bonchev–Trinajstić information content (AvgIpc) is 2.51. The molecular formula is C11H19IN2O. The van der Waals surface area contributed by atoms with E-state index in [9.17, 15) is 0 Å². The number of rotatable bonds is 2. The van der Waals surface area contributed by atoms with E-state index in [4.69, 9.17) is 4.52 Å². The van der Waals surface area contributed by atoms with Crippen molar-refractivity contribution in [1.82, 2.24) is 5.16 Å². The summed E-state index contributed by atoms with van der Waals surface area (Å²) in [6, 6.07) is 2.05. The van der Waals surface area contributed by atoms with E-state index in [2.05, 4.69) is 18.3 Å². The molecule has 0 spiro atoms. The number of likely N-dealkylation sites (tertiary alicyclic amines) is 1. The third-order valence-electron chi connectivity index (χ3n) is 3.12. The Bertz CT molecular complexity index is 305. The Labute approximate surface area is 108 Å². The molecule has 2 rings (SSSR count). The topological polar surface area (TPSA) is 26.0 Å². The Hall–Kier alpha value is -0.100. The van der Waals surface area contributed by atoms with Crippen molar-refractivity contribution in [2.24, 2.45) is 0 Å². The smallest absolute Gasteiger partial charge is 0.138 e. The number of aromatic nitrogens is 1. The molecule has 0 aromatic carbocycles. The quantitative estimate of drug-likeness (QED) is 0.522. The van der Waals surface area contributed by atoms with Crippen LogP contribution in [0.3, 0.4) is 0 Å². The molecule has 0 saturated carbocycles. The summed E-state index contributed by atoms with van der Waals surface area (Å²) in [5.74, 6) is 0.920. The highest BCUT2D eigenvalue weighted by Gasteiger charge is 2.26. The van der Waals surface area contributed by atoms with E-state index in [0.29, 0.717) is 0 Å². The van der Waals surface area contributed by atoms with Crippen LogP contribution < -0.4 is 24.0 Å². The van der Waals surface area contributed by atoms with Crippen molar-refractivity contribution >= 4 is 0 Å². The second-order valence-electron chi connectivity index (χ2n) is 4.71. The Morgan fingerprint density at radius 1 is 1.33 bits per heavy atom. The van der Waals surface area contributed by atoms with Crippen molar-refractivity contribution in [3.05, 3.63) is 17.5 Å². The number of aryl methyl sites for hydroxylation is 1. The normalized spacial score (nSPS) is 19.6. The number of piperidine rings is 1. The maximum atomic E-state index is 5.09. The first-order chi connectivity index (χ1) is 6.68. The molecule has 1 aliphatic rings. The summed E-state index contributed by atoms with van der Waals surface area (Å²) >= 11 is 0. The summed E-state index contributed by atoms with van der Waals surface area (Å²) in [6.07, 6.45) is 4.10. The lowest BCUT2D eigenvalue weighted by atomic mass is 10.1. The zero-order valence-electron chi connectivity index (χ0n) is 9.50. The van der Waals surface area contributed by atoms with E-state index in [1.165, 1.54) is 32.4 Å². The fourth-order valence-electron chi connectivity index (χ4n) is 2.32. The van der Waals surface area contributed by atoms with Gasteiger partial charge in [0.2, 0.25) is 0 Å².